The van der Waals surface area contributed by atoms with Gasteiger partial charge in [-0.2, -0.15) is 11.8 Å². The molecule has 0 aliphatic rings. The Hall–Kier alpha value is 0.407. The van der Waals surface area contributed by atoms with Crippen molar-refractivity contribution >= 4 is 20.6 Å². The van der Waals surface area contributed by atoms with Crippen LogP contribution in [0.5, 0.6) is 0 Å². The third-order valence-corrected chi connectivity index (χ3v) is 7.87. The highest BCUT2D eigenvalue weighted by molar-refractivity contribution is 7.99. The first-order valence-corrected chi connectivity index (χ1v) is 12.4. The van der Waals surface area contributed by atoms with Crippen LogP contribution in [0, 0.1) is 0 Å². The van der Waals surface area contributed by atoms with Crippen LogP contribution in [0.1, 0.15) is 65.7 Å². The molecule has 1 N–H and O–H groups in total. The molecule has 0 atom stereocenters. The average Bonchev–Trinajstić information content (AvgIpc) is 2.53. The molecule has 0 aromatic heterocycles. The maximum absolute atomic E-state index is 8.72. The zero-order valence-corrected chi connectivity index (χ0v) is 17.3. The summed E-state index contributed by atoms with van der Waals surface area (Å²) in [5, 5.41) is 8.72. The summed E-state index contributed by atoms with van der Waals surface area (Å²) in [5.74, 6) is 2.40. The fourth-order valence-corrected chi connectivity index (χ4v) is 6.35. The van der Waals surface area contributed by atoms with Crippen LogP contribution in [0.3, 0.4) is 0 Å². The molecule has 0 rings (SSSR count). The van der Waals surface area contributed by atoms with E-state index in [9.17, 15) is 0 Å². The summed E-state index contributed by atoms with van der Waals surface area (Å²) in [6.07, 6.45) is 8.41. The highest BCUT2D eigenvalue weighted by Gasteiger charge is 2.39. The molecule has 6 heteroatoms. The summed E-state index contributed by atoms with van der Waals surface area (Å²) < 4.78 is 17.6. The van der Waals surface area contributed by atoms with Crippen molar-refractivity contribution in [1.82, 2.24) is 0 Å². The van der Waals surface area contributed by atoms with Gasteiger partial charge >= 0.3 is 8.80 Å². The summed E-state index contributed by atoms with van der Waals surface area (Å²) in [4.78, 5) is 0. The van der Waals surface area contributed by atoms with Crippen LogP contribution in [0.25, 0.3) is 0 Å². The average molecular weight is 367 g/mol. The van der Waals surface area contributed by atoms with Crippen molar-refractivity contribution in [1.29, 1.82) is 0 Å². The van der Waals surface area contributed by atoms with E-state index in [4.69, 9.17) is 18.4 Å². The van der Waals surface area contributed by atoms with E-state index in [1.807, 2.05) is 32.5 Å². The SMILES string of the molecule is CCO[Si](CCCSCCCCCCCCO)(OCC)OCC. The van der Waals surface area contributed by atoms with E-state index in [1.165, 1.54) is 37.9 Å². The van der Waals surface area contributed by atoms with Crippen LogP contribution in [0.4, 0.5) is 0 Å². The van der Waals surface area contributed by atoms with Gasteiger partial charge in [0.25, 0.3) is 0 Å². The molecule has 0 spiro atoms. The van der Waals surface area contributed by atoms with E-state index >= 15 is 0 Å². The minimum Gasteiger partial charge on any atom is -0.396 e. The Balaban J connectivity index is 3.65. The molecule has 0 unspecified atom stereocenters. The Bertz CT molecular complexity index is 228. The van der Waals surface area contributed by atoms with Crippen molar-refractivity contribution in [3.05, 3.63) is 0 Å². The van der Waals surface area contributed by atoms with Gasteiger partial charge in [0, 0.05) is 32.5 Å². The predicted octanol–water partition coefficient (Wildman–Crippen LogP) is 4.49. The number of hydrogen-bond donors (Lipinski definition) is 1. The smallest absolute Gasteiger partial charge is 0.396 e. The Morgan fingerprint density at radius 3 is 1.70 bits per heavy atom. The van der Waals surface area contributed by atoms with Crippen LogP contribution >= 0.6 is 11.8 Å². The summed E-state index contributed by atoms with van der Waals surface area (Å²) >= 11 is 2.03. The van der Waals surface area contributed by atoms with E-state index in [2.05, 4.69) is 0 Å². The van der Waals surface area contributed by atoms with E-state index < -0.39 is 8.80 Å². The lowest BCUT2D eigenvalue weighted by Crippen LogP contribution is -2.46. The van der Waals surface area contributed by atoms with Crippen molar-refractivity contribution in [2.75, 3.05) is 37.9 Å². The molecule has 0 amide bonds. The third-order valence-electron chi connectivity index (χ3n) is 3.56. The van der Waals surface area contributed by atoms with E-state index in [0.29, 0.717) is 26.4 Å². The maximum atomic E-state index is 8.72. The van der Waals surface area contributed by atoms with Gasteiger partial charge in [0.1, 0.15) is 0 Å². The minimum atomic E-state index is -2.42. The van der Waals surface area contributed by atoms with Gasteiger partial charge in [0.15, 0.2) is 0 Å². The van der Waals surface area contributed by atoms with Crippen LogP contribution in [0.2, 0.25) is 6.04 Å². The highest BCUT2D eigenvalue weighted by atomic mass is 32.2. The lowest BCUT2D eigenvalue weighted by Gasteiger charge is -2.28. The molecule has 0 aliphatic carbocycles. The number of rotatable bonds is 18. The largest absolute Gasteiger partial charge is 0.500 e. The van der Waals surface area contributed by atoms with Crippen molar-refractivity contribution in [2.45, 2.75) is 71.8 Å². The molecule has 0 aromatic rings. The first-order chi connectivity index (χ1) is 11.2. The molecule has 0 aliphatic heterocycles. The third kappa shape index (κ3) is 13.4. The van der Waals surface area contributed by atoms with Crippen LogP contribution in [-0.2, 0) is 13.3 Å². The van der Waals surface area contributed by atoms with Crippen molar-refractivity contribution in [3.63, 3.8) is 0 Å². The zero-order valence-electron chi connectivity index (χ0n) is 15.5. The number of hydrogen-bond acceptors (Lipinski definition) is 5. The molecule has 0 saturated heterocycles. The van der Waals surface area contributed by atoms with Crippen molar-refractivity contribution in [3.8, 4) is 0 Å². The standard InChI is InChI=1S/C17H38O4SSi/c1-4-19-23(20-5-2,21-6-3)17-13-16-22-15-12-10-8-7-9-11-14-18/h18H,4-17H2,1-3H3. The van der Waals surface area contributed by atoms with Gasteiger partial charge in [-0.25, -0.2) is 0 Å². The number of aliphatic hydroxyl groups excluding tert-OH is 1. The molecule has 0 saturated carbocycles. The van der Waals surface area contributed by atoms with E-state index in [0.717, 1.165) is 24.6 Å². The Morgan fingerprint density at radius 1 is 0.696 bits per heavy atom. The molecular weight excluding hydrogens is 328 g/mol. The molecule has 0 heterocycles. The molecule has 0 fully saturated rings. The monoisotopic (exact) mass is 366 g/mol. The van der Waals surface area contributed by atoms with Crippen molar-refractivity contribution < 1.29 is 18.4 Å². The molecule has 0 radical (unpaired) electrons. The van der Waals surface area contributed by atoms with Crippen LogP contribution < -0.4 is 0 Å². The molecule has 0 bridgehead atoms. The van der Waals surface area contributed by atoms with Gasteiger partial charge in [0.2, 0.25) is 0 Å². The topological polar surface area (TPSA) is 47.9 Å². The second-order valence-electron chi connectivity index (χ2n) is 5.54. The fourth-order valence-electron chi connectivity index (χ4n) is 2.52. The van der Waals surface area contributed by atoms with E-state index in [1.54, 1.807) is 0 Å². The predicted molar refractivity (Wildman–Crippen MR) is 102 cm³/mol. The number of aliphatic hydroxyl groups is 1. The molecular formula is C17H38O4SSi. The molecule has 4 nitrogen and oxygen atoms in total. The summed E-state index contributed by atoms with van der Waals surface area (Å²) in [6, 6.07) is 0.927. The lowest BCUT2D eigenvalue weighted by molar-refractivity contribution is 0.0712. The second kappa shape index (κ2) is 17.2. The summed E-state index contributed by atoms with van der Waals surface area (Å²) in [6.45, 7) is 8.35. The summed E-state index contributed by atoms with van der Waals surface area (Å²) in [7, 11) is -2.42. The normalized spacial score (nSPS) is 12.0. The Morgan fingerprint density at radius 2 is 1.17 bits per heavy atom. The summed E-state index contributed by atoms with van der Waals surface area (Å²) in [5.41, 5.74) is 0. The second-order valence-corrected chi connectivity index (χ2v) is 9.50. The Labute approximate surface area is 149 Å². The zero-order chi connectivity index (χ0) is 17.2. The van der Waals surface area contributed by atoms with Crippen LogP contribution in [-0.4, -0.2) is 51.8 Å². The maximum Gasteiger partial charge on any atom is 0.500 e. The first-order valence-electron chi connectivity index (χ1n) is 9.35. The molecule has 0 aromatic carbocycles. The van der Waals surface area contributed by atoms with Gasteiger partial charge in [0.05, 0.1) is 0 Å². The van der Waals surface area contributed by atoms with Crippen LogP contribution in [0.15, 0.2) is 0 Å². The Kier molecular flexibility index (Phi) is 17.5. The van der Waals surface area contributed by atoms with E-state index in [-0.39, 0.29) is 0 Å². The quantitative estimate of drug-likeness (QED) is 0.286. The van der Waals surface area contributed by atoms with Gasteiger partial charge in [-0.1, -0.05) is 25.7 Å². The first kappa shape index (κ1) is 23.4. The molecule has 23 heavy (non-hydrogen) atoms. The minimum absolute atomic E-state index is 0.339. The lowest BCUT2D eigenvalue weighted by atomic mass is 10.1. The van der Waals surface area contributed by atoms with Gasteiger partial charge in [-0.3, -0.25) is 0 Å². The van der Waals surface area contributed by atoms with Crippen molar-refractivity contribution in [2.24, 2.45) is 0 Å². The van der Waals surface area contributed by atoms with Gasteiger partial charge in [-0.05, 0) is 51.5 Å². The number of thioether (sulfide) groups is 1. The highest BCUT2D eigenvalue weighted by Crippen LogP contribution is 2.20. The molecule has 140 valence electrons. The van der Waals surface area contributed by atoms with Gasteiger partial charge < -0.3 is 18.4 Å². The number of unbranched alkanes of at least 4 members (excludes halogenated alkanes) is 5. The fraction of sp³-hybridized carbons (Fsp3) is 1.00. The van der Waals surface area contributed by atoms with Gasteiger partial charge in [-0.15, -0.1) is 0 Å².